The maximum absolute atomic E-state index is 11.8. The Morgan fingerprint density at radius 3 is 2.89 bits per heavy atom. The van der Waals surface area contributed by atoms with Gasteiger partial charge in [-0.3, -0.25) is 0 Å². The Morgan fingerprint density at radius 2 is 2.22 bits per heavy atom. The van der Waals surface area contributed by atoms with Crippen LogP contribution in [-0.2, 0) is 4.74 Å². The highest BCUT2D eigenvalue weighted by Gasteiger charge is 2.29. The van der Waals surface area contributed by atoms with E-state index in [0.29, 0.717) is 12.3 Å². The van der Waals surface area contributed by atoms with E-state index in [0.717, 1.165) is 17.8 Å². The zero-order chi connectivity index (χ0) is 13.0. The molecular formula is C13H20N2O2S. The van der Waals surface area contributed by atoms with E-state index in [1.165, 1.54) is 30.6 Å². The number of nitrogens with one attached hydrogen (secondary N) is 1. The summed E-state index contributed by atoms with van der Waals surface area (Å²) in [5.74, 6) is -0.333. The standard InChI is InChI=1S/C13H20N2O2S/c1-3-17-12(16)10-11(18-9-14-10)15-13(2)7-5-4-6-8-13/h9,15H,3-8H2,1-2H3. The molecule has 0 aliphatic heterocycles. The average molecular weight is 268 g/mol. The number of carbonyl (C=O) groups is 1. The van der Waals surface area contributed by atoms with E-state index >= 15 is 0 Å². The van der Waals surface area contributed by atoms with Crippen LogP contribution in [0.15, 0.2) is 5.51 Å². The molecular weight excluding hydrogens is 248 g/mol. The fourth-order valence-corrected chi connectivity index (χ4v) is 3.23. The lowest BCUT2D eigenvalue weighted by molar-refractivity contribution is 0.0521. The summed E-state index contributed by atoms with van der Waals surface area (Å²) < 4.78 is 5.01. The normalized spacial score (nSPS) is 18.3. The Hall–Kier alpha value is -1.10. The molecule has 0 unspecified atom stereocenters. The number of hydrogen-bond donors (Lipinski definition) is 1. The number of thiazole rings is 1. The number of nitrogens with zero attached hydrogens (tertiary/aromatic N) is 1. The number of rotatable bonds is 4. The van der Waals surface area contributed by atoms with Crippen LogP contribution in [-0.4, -0.2) is 23.1 Å². The Balaban J connectivity index is 2.09. The van der Waals surface area contributed by atoms with Crippen LogP contribution in [0.1, 0.15) is 56.4 Å². The molecule has 0 radical (unpaired) electrons. The Morgan fingerprint density at radius 1 is 1.50 bits per heavy atom. The minimum atomic E-state index is -0.333. The fraction of sp³-hybridized carbons (Fsp3) is 0.692. The summed E-state index contributed by atoms with van der Waals surface area (Å²) in [5.41, 5.74) is 2.21. The van der Waals surface area contributed by atoms with E-state index in [9.17, 15) is 4.79 Å². The van der Waals surface area contributed by atoms with E-state index in [4.69, 9.17) is 4.74 Å². The van der Waals surface area contributed by atoms with Gasteiger partial charge in [-0.15, -0.1) is 11.3 Å². The van der Waals surface area contributed by atoms with Crippen molar-refractivity contribution in [2.75, 3.05) is 11.9 Å². The van der Waals surface area contributed by atoms with Crippen molar-refractivity contribution in [3.05, 3.63) is 11.2 Å². The predicted octanol–water partition coefficient (Wildman–Crippen LogP) is 3.45. The topological polar surface area (TPSA) is 51.2 Å². The lowest BCUT2D eigenvalue weighted by atomic mass is 9.83. The number of ether oxygens (including phenoxy) is 1. The lowest BCUT2D eigenvalue weighted by Crippen LogP contribution is -2.37. The first kappa shape index (κ1) is 13.3. The van der Waals surface area contributed by atoms with Gasteiger partial charge < -0.3 is 10.1 Å². The summed E-state index contributed by atoms with van der Waals surface area (Å²) in [6.45, 7) is 4.41. The fourth-order valence-electron chi connectivity index (χ4n) is 2.41. The van der Waals surface area contributed by atoms with E-state index in [-0.39, 0.29) is 11.5 Å². The lowest BCUT2D eigenvalue weighted by Gasteiger charge is -2.35. The van der Waals surface area contributed by atoms with Gasteiger partial charge in [-0.1, -0.05) is 19.3 Å². The van der Waals surface area contributed by atoms with Gasteiger partial charge in [0.25, 0.3) is 0 Å². The predicted molar refractivity (Wildman–Crippen MR) is 73.2 cm³/mol. The van der Waals surface area contributed by atoms with Gasteiger partial charge >= 0.3 is 5.97 Å². The molecule has 4 nitrogen and oxygen atoms in total. The molecule has 5 heteroatoms. The van der Waals surface area contributed by atoms with E-state index in [1.807, 2.05) is 0 Å². The summed E-state index contributed by atoms with van der Waals surface area (Å²) >= 11 is 1.47. The van der Waals surface area contributed by atoms with Crippen molar-refractivity contribution in [3.63, 3.8) is 0 Å². The zero-order valence-corrected chi connectivity index (χ0v) is 11.8. The molecule has 0 saturated heterocycles. The minimum Gasteiger partial charge on any atom is -0.461 e. The van der Waals surface area contributed by atoms with Crippen LogP contribution in [0.5, 0.6) is 0 Å². The van der Waals surface area contributed by atoms with Crippen LogP contribution in [0.4, 0.5) is 5.00 Å². The SMILES string of the molecule is CCOC(=O)c1ncsc1NC1(C)CCCCC1. The Kier molecular flexibility index (Phi) is 4.22. The maximum Gasteiger partial charge on any atom is 0.360 e. The molecule has 1 aliphatic rings. The van der Waals surface area contributed by atoms with Crippen molar-refractivity contribution in [1.29, 1.82) is 0 Å². The van der Waals surface area contributed by atoms with Crippen LogP contribution in [0, 0.1) is 0 Å². The van der Waals surface area contributed by atoms with Crippen molar-refractivity contribution in [2.24, 2.45) is 0 Å². The Bertz CT molecular complexity index is 411. The summed E-state index contributed by atoms with van der Waals surface area (Å²) in [5, 5.41) is 4.35. The molecule has 100 valence electrons. The number of esters is 1. The van der Waals surface area contributed by atoms with Crippen LogP contribution < -0.4 is 5.32 Å². The second-order valence-electron chi connectivity index (χ2n) is 5.00. The van der Waals surface area contributed by atoms with Crippen molar-refractivity contribution in [2.45, 2.75) is 51.5 Å². The number of hydrogen-bond acceptors (Lipinski definition) is 5. The number of anilines is 1. The van der Waals surface area contributed by atoms with Gasteiger partial charge in [-0.05, 0) is 26.7 Å². The summed E-state index contributed by atoms with van der Waals surface area (Å²) in [6, 6.07) is 0. The van der Waals surface area contributed by atoms with Gasteiger partial charge in [0, 0.05) is 5.54 Å². The molecule has 1 fully saturated rings. The quantitative estimate of drug-likeness (QED) is 0.850. The molecule has 0 spiro atoms. The second kappa shape index (κ2) is 5.69. The smallest absolute Gasteiger partial charge is 0.360 e. The molecule has 1 aromatic rings. The molecule has 0 aromatic carbocycles. The minimum absolute atomic E-state index is 0.0893. The molecule has 1 saturated carbocycles. The third kappa shape index (κ3) is 3.02. The Labute approximate surface area is 112 Å². The third-order valence-corrected chi connectivity index (χ3v) is 4.15. The van der Waals surface area contributed by atoms with E-state index in [2.05, 4.69) is 17.2 Å². The molecule has 1 heterocycles. The van der Waals surface area contributed by atoms with Gasteiger partial charge in [0.05, 0.1) is 12.1 Å². The van der Waals surface area contributed by atoms with Crippen LogP contribution >= 0.6 is 11.3 Å². The van der Waals surface area contributed by atoms with Gasteiger partial charge in [-0.25, -0.2) is 9.78 Å². The largest absolute Gasteiger partial charge is 0.461 e. The molecule has 18 heavy (non-hydrogen) atoms. The molecule has 0 amide bonds. The van der Waals surface area contributed by atoms with Crippen LogP contribution in [0.2, 0.25) is 0 Å². The molecule has 0 atom stereocenters. The first-order valence-electron chi connectivity index (χ1n) is 6.53. The van der Waals surface area contributed by atoms with Gasteiger partial charge in [-0.2, -0.15) is 0 Å². The molecule has 2 rings (SSSR count). The maximum atomic E-state index is 11.8. The first-order valence-corrected chi connectivity index (χ1v) is 7.41. The number of aromatic nitrogens is 1. The first-order chi connectivity index (χ1) is 8.64. The van der Waals surface area contributed by atoms with Gasteiger partial charge in [0.1, 0.15) is 5.00 Å². The third-order valence-electron chi connectivity index (χ3n) is 3.41. The van der Waals surface area contributed by atoms with E-state index in [1.54, 1.807) is 12.4 Å². The van der Waals surface area contributed by atoms with Crippen LogP contribution in [0.3, 0.4) is 0 Å². The summed E-state index contributed by atoms with van der Waals surface area (Å²) in [4.78, 5) is 15.9. The monoisotopic (exact) mass is 268 g/mol. The highest BCUT2D eigenvalue weighted by Crippen LogP contribution is 2.33. The van der Waals surface area contributed by atoms with Crippen LogP contribution in [0.25, 0.3) is 0 Å². The van der Waals surface area contributed by atoms with Crippen molar-refractivity contribution < 1.29 is 9.53 Å². The van der Waals surface area contributed by atoms with Crippen molar-refractivity contribution >= 4 is 22.3 Å². The highest BCUT2D eigenvalue weighted by atomic mass is 32.1. The van der Waals surface area contributed by atoms with Gasteiger partial charge in [0.15, 0.2) is 5.69 Å². The second-order valence-corrected chi connectivity index (χ2v) is 5.85. The summed E-state index contributed by atoms with van der Waals surface area (Å²) in [6.07, 6.45) is 6.10. The van der Waals surface area contributed by atoms with Gasteiger partial charge in [0.2, 0.25) is 0 Å². The van der Waals surface area contributed by atoms with Crippen molar-refractivity contribution in [3.8, 4) is 0 Å². The molecule has 1 aliphatic carbocycles. The molecule has 1 N–H and O–H groups in total. The average Bonchev–Trinajstić information content (AvgIpc) is 2.77. The summed E-state index contributed by atoms with van der Waals surface area (Å²) in [7, 11) is 0. The molecule has 1 aromatic heterocycles. The zero-order valence-electron chi connectivity index (χ0n) is 11.0. The van der Waals surface area contributed by atoms with Crippen molar-refractivity contribution in [1.82, 2.24) is 4.98 Å². The molecule has 0 bridgehead atoms. The number of carbonyl (C=O) groups excluding carboxylic acids is 1. The highest BCUT2D eigenvalue weighted by molar-refractivity contribution is 7.14. The van der Waals surface area contributed by atoms with E-state index < -0.39 is 0 Å².